The lowest BCUT2D eigenvalue weighted by Gasteiger charge is -2.23. The highest BCUT2D eigenvalue weighted by Gasteiger charge is 2.30. The highest BCUT2D eigenvalue weighted by molar-refractivity contribution is 5.81. The SMILES string of the molecule is CCC(C)(NCC(=O)NC)C(=O)O. The Morgan fingerprint density at radius 1 is 1.46 bits per heavy atom. The topological polar surface area (TPSA) is 78.4 Å². The molecule has 0 fully saturated rings. The van der Waals surface area contributed by atoms with E-state index in [0.29, 0.717) is 6.42 Å². The van der Waals surface area contributed by atoms with Crippen LogP contribution in [0, 0.1) is 0 Å². The molecule has 0 aromatic heterocycles. The maximum atomic E-state index is 10.8. The molecule has 0 aliphatic carbocycles. The Morgan fingerprint density at radius 2 is 2.00 bits per heavy atom. The first-order valence-corrected chi connectivity index (χ1v) is 4.15. The van der Waals surface area contributed by atoms with Crippen molar-refractivity contribution in [2.45, 2.75) is 25.8 Å². The summed E-state index contributed by atoms with van der Waals surface area (Å²) in [6, 6.07) is 0. The van der Waals surface area contributed by atoms with Gasteiger partial charge in [0, 0.05) is 7.05 Å². The molecule has 0 bridgehead atoms. The number of carbonyl (C=O) groups is 2. The Morgan fingerprint density at radius 3 is 2.31 bits per heavy atom. The van der Waals surface area contributed by atoms with Crippen molar-refractivity contribution >= 4 is 11.9 Å². The molecule has 1 atom stereocenters. The number of hydrogen-bond acceptors (Lipinski definition) is 3. The molecule has 1 unspecified atom stereocenters. The fraction of sp³-hybridized carbons (Fsp3) is 0.750. The van der Waals surface area contributed by atoms with E-state index in [1.54, 1.807) is 13.8 Å². The molecule has 76 valence electrons. The average molecular weight is 188 g/mol. The molecule has 0 radical (unpaired) electrons. The number of carboxylic acids is 1. The van der Waals surface area contributed by atoms with E-state index in [-0.39, 0.29) is 12.5 Å². The maximum absolute atomic E-state index is 10.8. The molecule has 3 N–H and O–H groups in total. The predicted molar refractivity (Wildman–Crippen MR) is 48.4 cm³/mol. The summed E-state index contributed by atoms with van der Waals surface area (Å²) in [6.45, 7) is 3.33. The summed E-state index contributed by atoms with van der Waals surface area (Å²) < 4.78 is 0. The lowest BCUT2D eigenvalue weighted by molar-refractivity contribution is -0.144. The summed E-state index contributed by atoms with van der Waals surface area (Å²) in [6.07, 6.45) is 0.430. The predicted octanol–water partition coefficient (Wildman–Crippen LogP) is -0.425. The van der Waals surface area contributed by atoms with Crippen LogP contribution in [0.4, 0.5) is 0 Å². The lowest BCUT2D eigenvalue weighted by Crippen LogP contribution is -2.51. The zero-order chi connectivity index (χ0) is 10.5. The number of carboxylic acid groups (broad SMARTS) is 1. The molecule has 5 heteroatoms. The summed E-state index contributed by atoms with van der Waals surface area (Å²) in [5.74, 6) is -1.17. The van der Waals surface area contributed by atoms with Crippen molar-refractivity contribution < 1.29 is 14.7 Å². The standard InChI is InChI=1S/C8H16N2O3/c1-4-8(2,7(12)13)10-5-6(11)9-3/h10H,4-5H2,1-3H3,(H,9,11)(H,12,13). The number of carbonyl (C=O) groups excluding carboxylic acids is 1. The summed E-state index contributed by atoms with van der Waals surface area (Å²) in [4.78, 5) is 21.6. The van der Waals surface area contributed by atoms with Gasteiger partial charge < -0.3 is 10.4 Å². The Hall–Kier alpha value is -1.10. The minimum Gasteiger partial charge on any atom is -0.480 e. The Labute approximate surface area is 77.5 Å². The molecule has 0 aliphatic rings. The van der Waals surface area contributed by atoms with Crippen molar-refractivity contribution in [3.05, 3.63) is 0 Å². The van der Waals surface area contributed by atoms with Crippen LogP contribution >= 0.6 is 0 Å². The van der Waals surface area contributed by atoms with Gasteiger partial charge in [0.05, 0.1) is 6.54 Å². The zero-order valence-electron chi connectivity index (χ0n) is 8.18. The largest absolute Gasteiger partial charge is 0.480 e. The van der Waals surface area contributed by atoms with E-state index in [0.717, 1.165) is 0 Å². The molecule has 1 amide bonds. The molecule has 0 heterocycles. The number of amides is 1. The molecule has 0 aromatic carbocycles. The number of likely N-dealkylation sites (N-methyl/N-ethyl adjacent to an activating group) is 1. The van der Waals surface area contributed by atoms with Gasteiger partial charge in [-0.2, -0.15) is 0 Å². The van der Waals surface area contributed by atoms with Gasteiger partial charge in [-0.3, -0.25) is 14.9 Å². The molecule has 5 nitrogen and oxygen atoms in total. The molecule has 0 saturated carbocycles. The first-order chi connectivity index (χ1) is 5.96. The van der Waals surface area contributed by atoms with Gasteiger partial charge in [-0.15, -0.1) is 0 Å². The molecule has 0 aromatic rings. The van der Waals surface area contributed by atoms with Crippen molar-refractivity contribution in [3.63, 3.8) is 0 Å². The van der Waals surface area contributed by atoms with E-state index < -0.39 is 11.5 Å². The third-order valence-corrected chi connectivity index (χ3v) is 2.10. The second kappa shape index (κ2) is 4.81. The summed E-state index contributed by atoms with van der Waals surface area (Å²) >= 11 is 0. The minimum absolute atomic E-state index is 0.0210. The van der Waals surface area contributed by atoms with E-state index in [9.17, 15) is 9.59 Å². The van der Waals surface area contributed by atoms with Crippen LogP contribution in [0.15, 0.2) is 0 Å². The summed E-state index contributed by atoms with van der Waals surface area (Å²) in [5.41, 5.74) is -1.02. The number of aliphatic carboxylic acids is 1. The molecular weight excluding hydrogens is 172 g/mol. The first kappa shape index (κ1) is 11.9. The highest BCUT2D eigenvalue weighted by atomic mass is 16.4. The Balaban J connectivity index is 4.13. The monoisotopic (exact) mass is 188 g/mol. The Kier molecular flexibility index (Phi) is 4.40. The van der Waals surface area contributed by atoms with Crippen LogP contribution in [-0.2, 0) is 9.59 Å². The van der Waals surface area contributed by atoms with Crippen LogP contribution in [0.5, 0.6) is 0 Å². The van der Waals surface area contributed by atoms with Crippen LogP contribution in [-0.4, -0.2) is 36.1 Å². The first-order valence-electron chi connectivity index (χ1n) is 4.15. The second-order valence-corrected chi connectivity index (χ2v) is 3.02. The van der Waals surface area contributed by atoms with Crippen molar-refractivity contribution in [2.24, 2.45) is 0 Å². The van der Waals surface area contributed by atoms with Crippen molar-refractivity contribution in [3.8, 4) is 0 Å². The van der Waals surface area contributed by atoms with Gasteiger partial charge in [0.25, 0.3) is 0 Å². The quantitative estimate of drug-likeness (QED) is 0.547. The van der Waals surface area contributed by atoms with Crippen LogP contribution in [0.1, 0.15) is 20.3 Å². The molecular formula is C8H16N2O3. The second-order valence-electron chi connectivity index (χ2n) is 3.02. The van der Waals surface area contributed by atoms with Gasteiger partial charge in [-0.05, 0) is 13.3 Å². The van der Waals surface area contributed by atoms with Crippen molar-refractivity contribution in [2.75, 3.05) is 13.6 Å². The molecule has 0 rings (SSSR count). The van der Waals surface area contributed by atoms with E-state index in [4.69, 9.17) is 5.11 Å². The number of hydrogen-bond donors (Lipinski definition) is 3. The van der Waals surface area contributed by atoms with E-state index >= 15 is 0 Å². The van der Waals surface area contributed by atoms with E-state index in [2.05, 4.69) is 10.6 Å². The molecule has 0 aliphatic heterocycles. The third kappa shape index (κ3) is 3.42. The van der Waals surface area contributed by atoms with Crippen LogP contribution in [0.3, 0.4) is 0 Å². The van der Waals surface area contributed by atoms with Gasteiger partial charge in [0.1, 0.15) is 5.54 Å². The van der Waals surface area contributed by atoms with Gasteiger partial charge in [-0.1, -0.05) is 6.92 Å². The van der Waals surface area contributed by atoms with Crippen LogP contribution in [0.2, 0.25) is 0 Å². The van der Waals surface area contributed by atoms with Gasteiger partial charge in [-0.25, -0.2) is 0 Å². The highest BCUT2D eigenvalue weighted by Crippen LogP contribution is 2.08. The summed E-state index contributed by atoms with van der Waals surface area (Å²) in [5, 5.41) is 13.9. The number of nitrogens with one attached hydrogen (secondary N) is 2. The van der Waals surface area contributed by atoms with E-state index in [1.165, 1.54) is 7.05 Å². The van der Waals surface area contributed by atoms with E-state index in [1.807, 2.05) is 0 Å². The normalized spacial score (nSPS) is 14.7. The Bertz CT molecular complexity index is 206. The van der Waals surface area contributed by atoms with Gasteiger partial charge in [0.15, 0.2) is 0 Å². The van der Waals surface area contributed by atoms with Crippen LogP contribution in [0.25, 0.3) is 0 Å². The maximum Gasteiger partial charge on any atom is 0.323 e. The number of rotatable bonds is 5. The minimum atomic E-state index is -1.02. The van der Waals surface area contributed by atoms with Gasteiger partial charge >= 0.3 is 5.97 Å². The average Bonchev–Trinajstić information content (AvgIpc) is 2.13. The van der Waals surface area contributed by atoms with Gasteiger partial charge in [0.2, 0.25) is 5.91 Å². The van der Waals surface area contributed by atoms with Crippen LogP contribution < -0.4 is 10.6 Å². The summed E-state index contributed by atoms with van der Waals surface area (Å²) in [7, 11) is 1.51. The molecule has 13 heavy (non-hydrogen) atoms. The van der Waals surface area contributed by atoms with Crippen molar-refractivity contribution in [1.29, 1.82) is 0 Å². The third-order valence-electron chi connectivity index (χ3n) is 2.10. The fourth-order valence-corrected chi connectivity index (χ4v) is 0.716. The lowest BCUT2D eigenvalue weighted by atomic mass is 9.99. The molecule has 0 saturated heterocycles. The zero-order valence-corrected chi connectivity index (χ0v) is 8.18. The fourth-order valence-electron chi connectivity index (χ4n) is 0.716. The smallest absolute Gasteiger partial charge is 0.323 e. The molecule has 0 spiro atoms. The van der Waals surface area contributed by atoms with Crippen molar-refractivity contribution in [1.82, 2.24) is 10.6 Å².